The van der Waals surface area contributed by atoms with Crippen molar-refractivity contribution in [2.75, 3.05) is 33.4 Å². The number of para-hydroxylation sites is 2. The van der Waals surface area contributed by atoms with Crippen molar-refractivity contribution in [2.45, 2.75) is 6.10 Å². The van der Waals surface area contributed by atoms with Crippen molar-refractivity contribution in [1.29, 1.82) is 0 Å². The fourth-order valence-corrected chi connectivity index (χ4v) is 3.98. The lowest BCUT2D eigenvalue weighted by Crippen LogP contribution is -2.28. The van der Waals surface area contributed by atoms with Crippen LogP contribution in [0, 0.1) is 0 Å². The predicted molar refractivity (Wildman–Crippen MR) is 148 cm³/mol. The zero-order valence-electron chi connectivity index (χ0n) is 21.7. The van der Waals surface area contributed by atoms with Crippen LogP contribution in [-0.4, -0.2) is 55.3 Å². The molecule has 0 saturated heterocycles. The molecule has 0 unspecified atom stereocenters. The Labute approximate surface area is 228 Å². The molecule has 7 nitrogen and oxygen atoms in total. The number of esters is 2. The number of rotatable bonds is 12. The summed E-state index contributed by atoms with van der Waals surface area (Å²) < 4.78 is 17.1. The van der Waals surface area contributed by atoms with Gasteiger partial charge in [-0.2, -0.15) is 0 Å². The molecule has 0 atom stereocenters. The Kier molecular flexibility index (Phi) is 9.83. The molecular formula is C32H31NO6. The average Bonchev–Trinajstić information content (AvgIpc) is 2.96. The number of benzene rings is 4. The largest absolute Gasteiger partial charge is 0.507 e. The first-order chi connectivity index (χ1) is 19.0. The molecule has 0 amide bonds. The van der Waals surface area contributed by atoms with Crippen molar-refractivity contribution >= 4 is 11.9 Å². The molecule has 7 heteroatoms. The highest BCUT2D eigenvalue weighted by Gasteiger charge is 2.19. The molecule has 0 spiro atoms. The molecule has 0 aliphatic heterocycles. The van der Waals surface area contributed by atoms with Gasteiger partial charge in [0.2, 0.25) is 0 Å². The zero-order chi connectivity index (χ0) is 27.5. The summed E-state index contributed by atoms with van der Waals surface area (Å²) in [5.74, 6) is -1.51. The van der Waals surface area contributed by atoms with Gasteiger partial charge in [-0.05, 0) is 42.4 Å². The van der Waals surface area contributed by atoms with Gasteiger partial charge in [0, 0.05) is 13.1 Å². The van der Waals surface area contributed by atoms with E-state index in [9.17, 15) is 14.7 Å². The van der Waals surface area contributed by atoms with E-state index in [1.54, 1.807) is 24.3 Å². The van der Waals surface area contributed by atoms with Gasteiger partial charge in [0.05, 0.1) is 6.61 Å². The smallest absolute Gasteiger partial charge is 0.347 e. The summed E-state index contributed by atoms with van der Waals surface area (Å²) in [5, 5.41) is 9.91. The summed E-state index contributed by atoms with van der Waals surface area (Å²) in [7, 11) is 1.93. The summed E-state index contributed by atoms with van der Waals surface area (Å²) >= 11 is 0. The number of carbonyl (C=O) groups is 2. The van der Waals surface area contributed by atoms with Gasteiger partial charge in [0.15, 0.2) is 0 Å². The monoisotopic (exact) mass is 525 g/mol. The summed E-state index contributed by atoms with van der Waals surface area (Å²) in [6.07, 6.45) is -0.171. The maximum Gasteiger partial charge on any atom is 0.347 e. The van der Waals surface area contributed by atoms with Crippen molar-refractivity contribution in [2.24, 2.45) is 0 Å². The first kappa shape index (κ1) is 27.6. The lowest BCUT2D eigenvalue weighted by molar-refractivity contribution is 0.0411. The third-order valence-corrected chi connectivity index (χ3v) is 6.10. The van der Waals surface area contributed by atoms with Crippen LogP contribution in [0.3, 0.4) is 0 Å². The van der Waals surface area contributed by atoms with Crippen LogP contribution in [0.15, 0.2) is 109 Å². The maximum absolute atomic E-state index is 12.7. The SMILES string of the molecule is CN(CCOC(=O)c1ccccc1OC(=O)c1ccccc1O)CCOC(c1ccccc1)c1ccccc1. The molecule has 4 aromatic carbocycles. The Hall–Kier alpha value is -4.46. The molecule has 4 rings (SSSR count). The van der Waals surface area contributed by atoms with Crippen LogP contribution in [0.2, 0.25) is 0 Å². The van der Waals surface area contributed by atoms with E-state index in [1.807, 2.05) is 48.3 Å². The van der Waals surface area contributed by atoms with Crippen LogP contribution in [0.25, 0.3) is 0 Å². The van der Waals surface area contributed by atoms with E-state index in [0.29, 0.717) is 19.7 Å². The second-order valence-electron chi connectivity index (χ2n) is 8.91. The second-order valence-corrected chi connectivity index (χ2v) is 8.91. The Morgan fingerprint density at radius 1 is 0.692 bits per heavy atom. The lowest BCUT2D eigenvalue weighted by atomic mass is 10.0. The third kappa shape index (κ3) is 7.77. The van der Waals surface area contributed by atoms with Crippen molar-refractivity contribution in [1.82, 2.24) is 4.90 Å². The van der Waals surface area contributed by atoms with Gasteiger partial charge < -0.3 is 24.2 Å². The van der Waals surface area contributed by atoms with Crippen molar-refractivity contribution in [3.05, 3.63) is 131 Å². The van der Waals surface area contributed by atoms with Crippen LogP contribution in [0.4, 0.5) is 0 Å². The third-order valence-electron chi connectivity index (χ3n) is 6.10. The first-order valence-electron chi connectivity index (χ1n) is 12.7. The number of carbonyl (C=O) groups excluding carboxylic acids is 2. The Morgan fingerprint density at radius 3 is 1.87 bits per heavy atom. The van der Waals surface area contributed by atoms with Crippen molar-refractivity contribution in [3.8, 4) is 11.5 Å². The van der Waals surface area contributed by atoms with E-state index < -0.39 is 11.9 Å². The number of nitrogens with zero attached hydrogens (tertiary/aromatic N) is 1. The van der Waals surface area contributed by atoms with Gasteiger partial charge in [-0.25, -0.2) is 9.59 Å². The molecule has 0 heterocycles. The molecule has 0 bridgehead atoms. The summed E-state index contributed by atoms with van der Waals surface area (Å²) in [6.45, 7) is 1.78. The lowest BCUT2D eigenvalue weighted by Gasteiger charge is -2.22. The fraction of sp³-hybridized carbons (Fsp3) is 0.188. The zero-order valence-corrected chi connectivity index (χ0v) is 21.7. The molecule has 39 heavy (non-hydrogen) atoms. The molecule has 0 fully saturated rings. The van der Waals surface area contributed by atoms with Crippen molar-refractivity contribution in [3.63, 3.8) is 0 Å². The van der Waals surface area contributed by atoms with E-state index in [2.05, 4.69) is 24.3 Å². The highest BCUT2D eigenvalue weighted by atomic mass is 16.5. The first-order valence-corrected chi connectivity index (χ1v) is 12.7. The van der Waals surface area contributed by atoms with E-state index in [4.69, 9.17) is 14.2 Å². The number of ether oxygens (including phenoxy) is 3. The Balaban J connectivity index is 1.26. The van der Waals surface area contributed by atoms with Gasteiger partial charge in [-0.3, -0.25) is 0 Å². The standard InChI is InChI=1S/C32H31NO6/c1-33(20-22-37-30(24-12-4-2-5-13-24)25-14-6-3-7-15-25)21-23-38-31(35)27-17-9-11-19-29(27)39-32(36)26-16-8-10-18-28(26)34/h2-19,30,34H,20-23H2,1H3. The average molecular weight is 526 g/mol. The van der Waals surface area contributed by atoms with Gasteiger partial charge >= 0.3 is 11.9 Å². The Morgan fingerprint density at radius 2 is 1.23 bits per heavy atom. The topological polar surface area (TPSA) is 85.3 Å². The molecular weight excluding hydrogens is 494 g/mol. The normalized spacial score (nSPS) is 10.9. The number of phenolic OH excluding ortho intramolecular Hbond substituents is 1. The molecule has 0 saturated carbocycles. The van der Waals surface area contributed by atoms with Gasteiger partial charge in [-0.1, -0.05) is 84.9 Å². The van der Waals surface area contributed by atoms with Crippen LogP contribution < -0.4 is 4.74 Å². The van der Waals surface area contributed by atoms with E-state index >= 15 is 0 Å². The highest BCUT2D eigenvalue weighted by molar-refractivity contribution is 5.97. The predicted octanol–water partition coefficient (Wildman–Crippen LogP) is 5.51. The fourth-order valence-electron chi connectivity index (χ4n) is 3.98. The van der Waals surface area contributed by atoms with Crippen LogP contribution in [0.1, 0.15) is 37.9 Å². The van der Waals surface area contributed by atoms with Crippen LogP contribution in [-0.2, 0) is 9.47 Å². The Bertz CT molecular complexity index is 1320. The quantitative estimate of drug-likeness (QED) is 0.193. The summed E-state index contributed by atoms with van der Waals surface area (Å²) in [5.41, 5.74) is 2.30. The highest BCUT2D eigenvalue weighted by Crippen LogP contribution is 2.26. The second kappa shape index (κ2) is 13.9. The minimum Gasteiger partial charge on any atom is -0.507 e. The number of hydrogen-bond donors (Lipinski definition) is 1. The number of likely N-dealkylation sites (N-methyl/N-ethyl adjacent to an activating group) is 1. The molecule has 0 radical (unpaired) electrons. The minimum atomic E-state index is -0.766. The molecule has 1 N–H and O–H groups in total. The molecule has 4 aromatic rings. The van der Waals surface area contributed by atoms with Crippen molar-refractivity contribution < 1.29 is 28.9 Å². The number of aromatic hydroxyl groups is 1. The van der Waals surface area contributed by atoms with E-state index in [0.717, 1.165) is 11.1 Å². The number of hydrogen-bond acceptors (Lipinski definition) is 7. The molecule has 0 aliphatic carbocycles. The summed E-state index contributed by atoms with van der Waals surface area (Å²) in [6, 6.07) is 32.6. The number of phenols is 1. The van der Waals surface area contributed by atoms with Crippen LogP contribution in [0.5, 0.6) is 11.5 Å². The maximum atomic E-state index is 12.7. The van der Waals surface area contributed by atoms with Gasteiger partial charge in [0.1, 0.15) is 35.3 Å². The summed E-state index contributed by atoms with van der Waals surface area (Å²) in [4.78, 5) is 27.3. The van der Waals surface area contributed by atoms with E-state index in [1.165, 1.54) is 24.3 Å². The molecule has 200 valence electrons. The minimum absolute atomic E-state index is 0.00582. The van der Waals surface area contributed by atoms with Crippen LogP contribution >= 0.6 is 0 Å². The molecule has 0 aromatic heterocycles. The van der Waals surface area contributed by atoms with Gasteiger partial charge in [-0.15, -0.1) is 0 Å². The van der Waals surface area contributed by atoms with E-state index in [-0.39, 0.29) is 35.3 Å². The molecule has 0 aliphatic rings. The van der Waals surface area contributed by atoms with Gasteiger partial charge in [0.25, 0.3) is 0 Å².